The molecule has 2 aromatic heterocycles. The lowest BCUT2D eigenvalue weighted by Crippen LogP contribution is -2.52. The van der Waals surface area contributed by atoms with Crippen LogP contribution < -0.4 is 0 Å². The molecule has 1 N–H and O–H groups in total. The highest BCUT2D eigenvalue weighted by Gasteiger charge is 2.45. The largest absolute Gasteiger partial charge is 0.479 e. The number of aromatic nitrogens is 4. The molecule has 0 bridgehead atoms. The highest BCUT2D eigenvalue weighted by molar-refractivity contribution is 5.92. The molecular formula is C18H19N5O3. The first-order valence-electron chi connectivity index (χ1n) is 8.44. The maximum atomic E-state index is 12.7. The Labute approximate surface area is 149 Å². The van der Waals surface area contributed by atoms with Gasteiger partial charge in [0.15, 0.2) is 0 Å². The third-order valence-electron chi connectivity index (χ3n) is 5.23. The molecule has 134 valence electrons. The first kappa shape index (κ1) is 16.3. The van der Waals surface area contributed by atoms with Gasteiger partial charge in [-0.15, -0.1) is 0 Å². The second-order valence-corrected chi connectivity index (χ2v) is 6.62. The molecule has 1 aliphatic rings. The number of fused-ring (bicyclic) bond motifs is 1. The van der Waals surface area contributed by atoms with E-state index in [1.807, 2.05) is 24.3 Å². The molecule has 8 heteroatoms. The van der Waals surface area contributed by atoms with Crippen LogP contribution in [0.15, 0.2) is 43.1 Å². The van der Waals surface area contributed by atoms with Gasteiger partial charge >= 0.3 is 5.97 Å². The monoisotopic (exact) mass is 353 g/mol. The molecule has 26 heavy (non-hydrogen) atoms. The van der Waals surface area contributed by atoms with Gasteiger partial charge in [0.2, 0.25) is 0 Å². The van der Waals surface area contributed by atoms with Crippen LogP contribution in [-0.4, -0.2) is 54.1 Å². The van der Waals surface area contributed by atoms with Crippen molar-refractivity contribution in [1.82, 2.24) is 24.0 Å². The van der Waals surface area contributed by atoms with Crippen LogP contribution in [0.5, 0.6) is 0 Å². The molecule has 8 nitrogen and oxygen atoms in total. The van der Waals surface area contributed by atoms with Gasteiger partial charge in [-0.1, -0.05) is 12.1 Å². The number of aryl methyl sites for hydroxylation is 1. The van der Waals surface area contributed by atoms with Gasteiger partial charge in [-0.05, 0) is 25.0 Å². The number of carboxylic acid groups (broad SMARTS) is 1. The number of imidazole rings is 2. The second-order valence-electron chi connectivity index (χ2n) is 6.62. The Kier molecular flexibility index (Phi) is 3.75. The molecule has 3 heterocycles. The van der Waals surface area contributed by atoms with E-state index in [1.165, 1.54) is 6.20 Å². The third-order valence-corrected chi connectivity index (χ3v) is 5.23. The van der Waals surface area contributed by atoms with Crippen molar-refractivity contribution in [2.75, 3.05) is 13.1 Å². The summed E-state index contributed by atoms with van der Waals surface area (Å²) in [6.45, 7) is 0.728. The predicted molar refractivity (Wildman–Crippen MR) is 93.7 cm³/mol. The molecule has 0 unspecified atom stereocenters. The third kappa shape index (κ3) is 2.37. The van der Waals surface area contributed by atoms with E-state index in [-0.39, 0.29) is 5.91 Å². The van der Waals surface area contributed by atoms with Gasteiger partial charge in [-0.2, -0.15) is 0 Å². The van der Waals surface area contributed by atoms with E-state index in [9.17, 15) is 14.7 Å². The van der Waals surface area contributed by atoms with Crippen molar-refractivity contribution in [3.63, 3.8) is 0 Å². The number of carbonyl (C=O) groups is 2. The van der Waals surface area contributed by atoms with Crippen molar-refractivity contribution < 1.29 is 14.7 Å². The summed E-state index contributed by atoms with van der Waals surface area (Å²) < 4.78 is 3.42. The number of piperidine rings is 1. The molecule has 3 aromatic rings. The summed E-state index contributed by atoms with van der Waals surface area (Å²) in [6.07, 6.45) is 5.36. The first-order valence-corrected chi connectivity index (χ1v) is 8.44. The average molecular weight is 353 g/mol. The number of nitrogens with zero attached hydrogens (tertiary/aromatic N) is 5. The molecule has 0 spiro atoms. The number of rotatable bonds is 3. The smallest absolute Gasteiger partial charge is 0.330 e. The highest BCUT2D eigenvalue weighted by atomic mass is 16.4. The minimum absolute atomic E-state index is 0.125. The fourth-order valence-corrected chi connectivity index (χ4v) is 3.66. The molecule has 1 amide bonds. The predicted octanol–water partition coefficient (Wildman–Crippen LogP) is 1.49. The molecule has 1 aliphatic heterocycles. The summed E-state index contributed by atoms with van der Waals surface area (Å²) in [7, 11) is 1.77. The van der Waals surface area contributed by atoms with Crippen molar-refractivity contribution in [2.45, 2.75) is 18.4 Å². The SMILES string of the molecule is Cn1cncc1C(=O)N1CCC(C(=O)O)(n2cnc3ccccc32)CC1. The minimum atomic E-state index is -1.10. The number of hydrogen-bond acceptors (Lipinski definition) is 4. The van der Waals surface area contributed by atoms with E-state index < -0.39 is 11.5 Å². The average Bonchev–Trinajstić information content (AvgIpc) is 3.27. The molecule has 1 aromatic carbocycles. The number of benzene rings is 1. The van der Waals surface area contributed by atoms with Crippen LogP contribution in [0.2, 0.25) is 0 Å². The number of para-hydroxylation sites is 2. The lowest BCUT2D eigenvalue weighted by molar-refractivity contribution is -0.149. The Balaban J connectivity index is 1.63. The van der Waals surface area contributed by atoms with Gasteiger partial charge in [-0.25, -0.2) is 14.8 Å². The molecule has 1 saturated heterocycles. The summed E-state index contributed by atoms with van der Waals surface area (Å²) in [4.78, 5) is 34.9. The molecule has 0 saturated carbocycles. The highest BCUT2D eigenvalue weighted by Crippen LogP contribution is 2.34. The Bertz CT molecular complexity index is 982. The van der Waals surface area contributed by atoms with Gasteiger partial charge in [0.25, 0.3) is 5.91 Å². The Morgan fingerprint density at radius 2 is 1.88 bits per heavy atom. The topological polar surface area (TPSA) is 93.3 Å². The normalized spacial score (nSPS) is 16.7. The van der Waals surface area contributed by atoms with Gasteiger partial charge in [0.05, 0.1) is 29.9 Å². The van der Waals surface area contributed by atoms with Gasteiger partial charge in [-0.3, -0.25) is 4.79 Å². The zero-order valence-corrected chi connectivity index (χ0v) is 14.4. The molecule has 4 rings (SSSR count). The fourth-order valence-electron chi connectivity index (χ4n) is 3.66. The first-order chi connectivity index (χ1) is 12.5. The fraction of sp³-hybridized carbons (Fsp3) is 0.333. The van der Waals surface area contributed by atoms with Crippen LogP contribution in [0.25, 0.3) is 11.0 Å². The van der Waals surface area contributed by atoms with Crippen molar-refractivity contribution in [2.24, 2.45) is 7.05 Å². The number of hydrogen-bond donors (Lipinski definition) is 1. The number of amides is 1. The zero-order valence-electron chi connectivity index (χ0n) is 14.4. The van der Waals surface area contributed by atoms with E-state index >= 15 is 0 Å². The van der Waals surface area contributed by atoms with E-state index in [2.05, 4.69) is 9.97 Å². The van der Waals surface area contributed by atoms with Crippen LogP contribution in [0.4, 0.5) is 0 Å². The van der Waals surface area contributed by atoms with Gasteiger partial charge < -0.3 is 19.1 Å². The maximum Gasteiger partial charge on any atom is 0.330 e. The van der Waals surface area contributed by atoms with Crippen molar-refractivity contribution >= 4 is 22.9 Å². The van der Waals surface area contributed by atoms with E-state index in [1.54, 1.807) is 33.7 Å². The van der Waals surface area contributed by atoms with E-state index in [4.69, 9.17) is 0 Å². The number of carbonyl (C=O) groups excluding carboxylic acids is 1. The Morgan fingerprint density at radius 1 is 1.15 bits per heavy atom. The molecule has 1 fully saturated rings. The molecular weight excluding hydrogens is 334 g/mol. The van der Waals surface area contributed by atoms with Crippen LogP contribution in [-0.2, 0) is 17.4 Å². The van der Waals surface area contributed by atoms with Crippen LogP contribution >= 0.6 is 0 Å². The maximum absolute atomic E-state index is 12.7. The lowest BCUT2D eigenvalue weighted by Gasteiger charge is -2.39. The summed E-state index contributed by atoms with van der Waals surface area (Å²) in [5.74, 6) is -1.02. The Morgan fingerprint density at radius 3 is 2.54 bits per heavy atom. The van der Waals surface area contributed by atoms with E-state index in [0.29, 0.717) is 31.6 Å². The van der Waals surface area contributed by atoms with Crippen LogP contribution in [0.3, 0.4) is 0 Å². The summed E-state index contributed by atoms with van der Waals surface area (Å²) >= 11 is 0. The zero-order chi connectivity index (χ0) is 18.3. The summed E-state index contributed by atoms with van der Waals surface area (Å²) in [5.41, 5.74) is 0.961. The number of likely N-dealkylation sites (tertiary alicyclic amines) is 1. The quantitative estimate of drug-likeness (QED) is 0.770. The van der Waals surface area contributed by atoms with Crippen LogP contribution in [0.1, 0.15) is 23.3 Å². The molecule has 0 atom stereocenters. The van der Waals surface area contributed by atoms with Crippen molar-refractivity contribution in [3.05, 3.63) is 48.8 Å². The van der Waals surface area contributed by atoms with E-state index in [0.717, 1.165) is 11.0 Å². The van der Waals surface area contributed by atoms with Crippen molar-refractivity contribution in [1.29, 1.82) is 0 Å². The van der Waals surface area contributed by atoms with Crippen molar-refractivity contribution in [3.8, 4) is 0 Å². The number of carboxylic acids is 1. The number of aliphatic carboxylic acids is 1. The summed E-state index contributed by atoms with van der Waals surface area (Å²) in [5, 5.41) is 10.0. The standard InChI is InChI=1S/C18H19N5O3/c1-21-11-19-10-15(21)16(24)22-8-6-18(7-9-22,17(25)26)23-12-20-13-4-2-3-5-14(13)23/h2-5,10-12H,6-9H2,1H3,(H,25,26). The molecule has 0 aliphatic carbocycles. The summed E-state index contributed by atoms with van der Waals surface area (Å²) in [6, 6.07) is 7.49. The molecule has 0 radical (unpaired) electrons. The minimum Gasteiger partial charge on any atom is -0.479 e. The lowest BCUT2D eigenvalue weighted by atomic mass is 9.86. The van der Waals surface area contributed by atoms with Gasteiger partial charge in [0, 0.05) is 20.1 Å². The van der Waals surface area contributed by atoms with Gasteiger partial charge in [0.1, 0.15) is 11.2 Å². The second kappa shape index (κ2) is 5.98. The Hall–Kier alpha value is -3.16. The van der Waals surface area contributed by atoms with Crippen LogP contribution in [0, 0.1) is 0 Å².